The van der Waals surface area contributed by atoms with Crippen LogP contribution in [-0.2, 0) is 6.42 Å². The Morgan fingerprint density at radius 1 is 1.21 bits per heavy atom. The number of hydrogen-bond acceptors (Lipinski definition) is 6. The SMILES string of the molecule is C[C@H](N)CCCc1cc(Cl)c(F)c(-c2cc3cn(-c4ccc([C@@H]5CCC[C@@H](CCNC(=N)CN)N5CCCF)c(F)c4)c(=O)nc3[nH]2)c1. The predicted molar refractivity (Wildman–Crippen MR) is 186 cm³/mol. The molecule has 0 radical (unpaired) electrons. The predicted octanol–water partition coefficient (Wildman–Crippen LogP) is 6.15. The Morgan fingerprint density at radius 2 is 2.02 bits per heavy atom. The number of H-pyrrole nitrogens is 1. The van der Waals surface area contributed by atoms with Crippen molar-refractivity contribution >= 4 is 28.5 Å². The van der Waals surface area contributed by atoms with Crippen LogP contribution in [0.3, 0.4) is 0 Å². The van der Waals surface area contributed by atoms with Crippen molar-refractivity contribution < 1.29 is 13.2 Å². The van der Waals surface area contributed by atoms with Crippen molar-refractivity contribution in [1.29, 1.82) is 5.41 Å². The quantitative estimate of drug-likeness (QED) is 0.0797. The number of benzene rings is 2. The Labute approximate surface area is 283 Å². The fourth-order valence-electron chi connectivity index (χ4n) is 6.69. The molecule has 3 heterocycles. The highest BCUT2D eigenvalue weighted by Crippen LogP contribution is 2.37. The highest BCUT2D eigenvalue weighted by Gasteiger charge is 2.32. The number of likely N-dealkylation sites (tertiary alicyclic amines) is 1. The molecule has 3 atom stereocenters. The Balaban J connectivity index is 1.41. The first-order chi connectivity index (χ1) is 23.1. The standard InChI is InChI=1S/C35H44ClF3N8O/c1-21(41)5-2-6-22-15-27(33(39)28(36)16-22)30-17-23-20-47(35(48)45-34(23)44-30)25-9-10-26(29(38)18-25)31-8-3-7-24(46(31)14-4-12-37)11-13-43-32(42)19-40/h9-10,15-18,20-21,24,31H,2-8,11-14,19,40-41H2,1H3,(H2,42,43)(H,44,45,48)/t21-,24-,31-/m0/s1. The average molecular weight is 685 g/mol. The van der Waals surface area contributed by atoms with Gasteiger partial charge in [-0.25, -0.2) is 13.6 Å². The summed E-state index contributed by atoms with van der Waals surface area (Å²) in [6, 6.07) is 9.66. The van der Waals surface area contributed by atoms with Gasteiger partial charge in [0.1, 0.15) is 17.3 Å². The van der Waals surface area contributed by atoms with Gasteiger partial charge in [0.25, 0.3) is 0 Å². The molecule has 1 aliphatic rings. The summed E-state index contributed by atoms with van der Waals surface area (Å²) in [5, 5.41) is 11.3. The number of nitrogens with zero attached hydrogens (tertiary/aromatic N) is 3. The lowest BCUT2D eigenvalue weighted by Gasteiger charge is -2.43. The summed E-state index contributed by atoms with van der Waals surface area (Å²) < 4.78 is 45.6. The summed E-state index contributed by atoms with van der Waals surface area (Å²) in [5.74, 6) is -0.790. The van der Waals surface area contributed by atoms with Gasteiger partial charge >= 0.3 is 5.69 Å². The summed E-state index contributed by atoms with van der Waals surface area (Å²) in [6.45, 7) is 2.64. The number of aryl methyl sites for hydroxylation is 1. The molecule has 4 aromatic rings. The molecule has 13 heteroatoms. The number of fused-ring (bicyclic) bond motifs is 1. The molecular formula is C35H44ClF3N8O. The van der Waals surface area contributed by atoms with Gasteiger partial charge in [0.2, 0.25) is 0 Å². The van der Waals surface area contributed by atoms with Crippen molar-refractivity contribution in [3.63, 3.8) is 0 Å². The number of nitrogens with one attached hydrogen (secondary N) is 3. The van der Waals surface area contributed by atoms with E-state index in [2.05, 4.69) is 20.2 Å². The molecule has 1 aliphatic heterocycles. The van der Waals surface area contributed by atoms with Crippen LogP contribution < -0.4 is 22.5 Å². The van der Waals surface area contributed by atoms with E-state index in [1.807, 2.05) is 6.92 Å². The number of nitrogens with two attached hydrogens (primary N) is 2. The highest BCUT2D eigenvalue weighted by atomic mass is 35.5. The van der Waals surface area contributed by atoms with Gasteiger partial charge in [-0.2, -0.15) is 4.98 Å². The zero-order chi connectivity index (χ0) is 34.4. The minimum Gasteiger partial charge on any atom is -0.373 e. The van der Waals surface area contributed by atoms with Gasteiger partial charge in [-0.05, 0) is 94.2 Å². The molecular weight excluding hydrogens is 641 g/mol. The molecule has 2 aromatic heterocycles. The van der Waals surface area contributed by atoms with Crippen LogP contribution in [0.15, 0.2) is 47.4 Å². The Bertz CT molecular complexity index is 1790. The van der Waals surface area contributed by atoms with Gasteiger partial charge in [0.15, 0.2) is 5.82 Å². The van der Waals surface area contributed by atoms with E-state index >= 15 is 8.78 Å². The van der Waals surface area contributed by atoms with Gasteiger partial charge in [0.05, 0.1) is 29.6 Å². The van der Waals surface area contributed by atoms with E-state index in [-0.39, 0.29) is 46.7 Å². The molecule has 0 saturated carbocycles. The summed E-state index contributed by atoms with van der Waals surface area (Å²) in [7, 11) is 0. The third kappa shape index (κ3) is 8.28. The van der Waals surface area contributed by atoms with Crippen molar-refractivity contribution in [2.45, 2.75) is 76.4 Å². The molecule has 5 rings (SSSR count). The first kappa shape index (κ1) is 35.6. The number of aromatic nitrogens is 3. The van der Waals surface area contributed by atoms with E-state index < -0.39 is 24.0 Å². The van der Waals surface area contributed by atoms with E-state index in [0.717, 1.165) is 44.1 Å². The lowest BCUT2D eigenvalue weighted by atomic mass is 9.88. The van der Waals surface area contributed by atoms with Crippen LogP contribution in [0, 0.1) is 17.0 Å². The van der Waals surface area contributed by atoms with Gasteiger partial charge in [0, 0.05) is 53.9 Å². The maximum absolute atomic E-state index is 15.9. The molecule has 48 heavy (non-hydrogen) atoms. The van der Waals surface area contributed by atoms with Crippen LogP contribution in [0.1, 0.15) is 69.0 Å². The Hall–Kier alpha value is -3.71. The lowest BCUT2D eigenvalue weighted by Crippen LogP contribution is -2.44. The normalized spacial score (nSPS) is 17.6. The van der Waals surface area contributed by atoms with Crippen molar-refractivity contribution in [2.24, 2.45) is 11.5 Å². The van der Waals surface area contributed by atoms with Crippen LogP contribution in [0.25, 0.3) is 28.0 Å². The van der Waals surface area contributed by atoms with E-state index in [1.54, 1.807) is 36.5 Å². The third-order valence-electron chi connectivity index (χ3n) is 9.09. The molecule has 0 spiro atoms. The number of rotatable bonds is 14. The number of hydrogen-bond donors (Lipinski definition) is 5. The molecule has 0 bridgehead atoms. The molecule has 1 saturated heterocycles. The molecule has 0 amide bonds. The second-order valence-corrected chi connectivity index (χ2v) is 13.1. The molecule has 258 valence electrons. The highest BCUT2D eigenvalue weighted by molar-refractivity contribution is 6.31. The second kappa shape index (κ2) is 16.1. The Kier molecular flexibility index (Phi) is 12.0. The number of amidine groups is 1. The minimum absolute atomic E-state index is 0.00126. The van der Waals surface area contributed by atoms with Gasteiger partial charge < -0.3 is 21.8 Å². The van der Waals surface area contributed by atoms with E-state index in [0.29, 0.717) is 48.3 Å². The Morgan fingerprint density at radius 3 is 2.75 bits per heavy atom. The second-order valence-electron chi connectivity index (χ2n) is 12.7. The maximum Gasteiger partial charge on any atom is 0.354 e. The number of aromatic amines is 1. The van der Waals surface area contributed by atoms with E-state index in [9.17, 15) is 9.18 Å². The van der Waals surface area contributed by atoms with Crippen LogP contribution >= 0.6 is 11.6 Å². The van der Waals surface area contributed by atoms with E-state index in [4.69, 9.17) is 28.5 Å². The minimum atomic E-state index is -0.621. The summed E-state index contributed by atoms with van der Waals surface area (Å²) in [6.07, 6.45) is 7.46. The monoisotopic (exact) mass is 684 g/mol. The van der Waals surface area contributed by atoms with Gasteiger partial charge in [-0.15, -0.1) is 0 Å². The first-order valence-corrected chi connectivity index (χ1v) is 17.0. The molecule has 0 aliphatic carbocycles. The largest absolute Gasteiger partial charge is 0.373 e. The summed E-state index contributed by atoms with van der Waals surface area (Å²) in [5.41, 5.74) is 13.4. The van der Waals surface area contributed by atoms with Crippen molar-refractivity contribution in [1.82, 2.24) is 24.8 Å². The van der Waals surface area contributed by atoms with Crippen LogP contribution in [0.4, 0.5) is 13.2 Å². The van der Waals surface area contributed by atoms with Crippen LogP contribution in [0.2, 0.25) is 5.02 Å². The zero-order valence-electron chi connectivity index (χ0n) is 27.2. The van der Waals surface area contributed by atoms with Crippen molar-refractivity contribution in [3.05, 3.63) is 80.9 Å². The fourth-order valence-corrected chi connectivity index (χ4v) is 6.94. The average Bonchev–Trinajstić information content (AvgIpc) is 3.47. The third-order valence-corrected chi connectivity index (χ3v) is 9.36. The molecule has 2 aromatic carbocycles. The van der Waals surface area contributed by atoms with Crippen molar-refractivity contribution in [2.75, 3.05) is 26.3 Å². The summed E-state index contributed by atoms with van der Waals surface area (Å²) in [4.78, 5) is 22.5. The lowest BCUT2D eigenvalue weighted by molar-refractivity contribution is 0.0721. The number of alkyl halides is 1. The number of piperidine rings is 1. The zero-order valence-corrected chi connectivity index (χ0v) is 27.9. The van der Waals surface area contributed by atoms with Crippen LogP contribution in [0.5, 0.6) is 0 Å². The fraction of sp³-hybridized carbons (Fsp3) is 0.457. The number of halogens is 4. The summed E-state index contributed by atoms with van der Waals surface area (Å²) >= 11 is 6.25. The smallest absolute Gasteiger partial charge is 0.354 e. The van der Waals surface area contributed by atoms with Crippen molar-refractivity contribution in [3.8, 4) is 16.9 Å². The van der Waals surface area contributed by atoms with E-state index in [1.165, 1.54) is 10.6 Å². The molecule has 1 fully saturated rings. The first-order valence-electron chi connectivity index (χ1n) is 16.6. The maximum atomic E-state index is 15.9. The van der Waals surface area contributed by atoms with Crippen LogP contribution in [-0.4, -0.2) is 63.7 Å². The molecule has 9 nitrogen and oxygen atoms in total. The molecule has 7 N–H and O–H groups in total. The van der Waals surface area contributed by atoms with Gasteiger partial charge in [-0.1, -0.05) is 17.7 Å². The molecule has 0 unspecified atom stereocenters. The van der Waals surface area contributed by atoms with Gasteiger partial charge in [-0.3, -0.25) is 19.3 Å². The topological polar surface area (TPSA) is 142 Å².